The number of carbonyl (C=O) groups is 3. The van der Waals surface area contributed by atoms with Gasteiger partial charge in [0.2, 0.25) is 5.91 Å². The minimum Gasteiger partial charge on any atom is -0.450 e. The van der Waals surface area contributed by atoms with Gasteiger partial charge in [-0.3, -0.25) is 4.79 Å². The molecule has 0 saturated carbocycles. The van der Waals surface area contributed by atoms with E-state index in [0.717, 1.165) is 18.5 Å². The van der Waals surface area contributed by atoms with Gasteiger partial charge in [-0.05, 0) is 44.7 Å². The molecule has 2 aliphatic rings. The predicted molar refractivity (Wildman–Crippen MR) is 110 cm³/mol. The number of anilines is 1. The van der Waals surface area contributed by atoms with Crippen LogP contribution in [0.2, 0.25) is 0 Å². The summed E-state index contributed by atoms with van der Waals surface area (Å²) in [5.74, 6) is -0.0124. The smallest absolute Gasteiger partial charge is 0.409 e. The van der Waals surface area contributed by atoms with Gasteiger partial charge in [-0.25, -0.2) is 9.59 Å². The molecular weight excluding hydrogens is 372 g/mol. The fraction of sp³-hybridized carbons (Fsp3) is 0.571. The average molecular weight is 402 g/mol. The number of hydrogen-bond acceptors (Lipinski definition) is 4. The van der Waals surface area contributed by atoms with Crippen molar-refractivity contribution in [3.63, 3.8) is 0 Å². The Balaban J connectivity index is 1.38. The maximum absolute atomic E-state index is 12.6. The lowest BCUT2D eigenvalue weighted by Gasteiger charge is -2.34. The van der Waals surface area contributed by atoms with E-state index in [-0.39, 0.29) is 30.0 Å². The normalized spacial score (nSPS) is 18.2. The fourth-order valence-corrected chi connectivity index (χ4v) is 3.81. The molecule has 2 heterocycles. The first-order valence-corrected chi connectivity index (χ1v) is 10.4. The largest absolute Gasteiger partial charge is 0.450 e. The van der Waals surface area contributed by atoms with Crippen molar-refractivity contribution in [2.45, 2.75) is 38.6 Å². The molecule has 0 aromatic heterocycles. The van der Waals surface area contributed by atoms with E-state index in [0.29, 0.717) is 45.6 Å². The number of amides is 4. The summed E-state index contributed by atoms with van der Waals surface area (Å²) in [4.78, 5) is 40.2. The van der Waals surface area contributed by atoms with Crippen molar-refractivity contribution in [1.82, 2.24) is 15.1 Å². The molecule has 1 aromatic rings. The quantitative estimate of drug-likeness (QED) is 0.810. The summed E-state index contributed by atoms with van der Waals surface area (Å²) in [6.45, 7) is 4.50. The molecule has 8 heteroatoms. The van der Waals surface area contributed by atoms with Crippen LogP contribution in [-0.2, 0) is 9.53 Å². The molecule has 3 rings (SSSR count). The lowest BCUT2D eigenvalue weighted by molar-refractivity contribution is -0.127. The lowest BCUT2D eigenvalue weighted by Crippen LogP contribution is -2.50. The zero-order valence-corrected chi connectivity index (χ0v) is 16.9. The van der Waals surface area contributed by atoms with Gasteiger partial charge in [0.25, 0.3) is 0 Å². The maximum atomic E-state index is 12.6. The highest BCUT2D eigenvalue weighted by molar-refractivity contribution is 5.89. The summed E-state index contributed by atoms with van der Waals surface area (Å²) >= 11 is 0. The number of likely N-dealkylation sites (tertiary alicyclic amines) is 2. The summed E-state index contributed by atoms with van der Waals surface area (Å²) in [5, 5.41) is 6.01. The zero-order chi connectivity index (χ0) is 20.6. The van der Waals surface area contributed by atoms with Gasteiger partial charge in [-0.2, -0.15) is 0 Å². The van der Waals surface area contributed by atoms with Gasteiger partial charge in [-0.15, -0.1) is 0 Å². The number of rotatable bonds is 4. The van der Waals surface area contributed by atoms with E-state index in [4.69, 9.17) is 4.74 Å². The molecule has 0 unspecified atom stereocenters. The van der Waals surface area contributed by atoms with Crippen LogP contribution < -0.4 is 10.6 Å². The molecular formula is C21H30N4O4. The Labute approximate surface area is 171 Å². The number of urea groups is 1. The summed E-state index contributed by atoms with van der Waals surface area (Å²) in [7, 11) is 0. The second kappa shape index (κ2) is 10.1. The van der Waals surface area contributed by atoms with Gasteiger partial charge in [0.05, 0.1) is 6.61 Å². The Bertz CT molecular complexity index is 696. The van der Waals surface area contributed by atoms with Crippen molar-refractivity contribution in [2.75, 3.05) is 38.1 Å². The molecule has 2 aliphatic heterocycles. The monoisotopic (exact) mass is 402 g/mol. The van der Waals surface area contributed by atoms with Crippen LogP contribution in [0.15, 0.2) is 30.3 Å². The minimum atomic E-state index is -0.279. The SMILES string of the molecule is CCOC(=O)N1CCC(NC(=O)C2CCN(C(=O)Nc3ccccc3)CC2)CC1. The first-order chi connectivity index (χ1) is 14.1. The molecule has 158 valence electrons. The molecule has 0 atom stereocenters. The Kier molecular flexibility index (Phi) is 7.32. The van der Waals surface area contributed by atoms with E-state index in [1.54, 1.807) is 16.7 Å². The summed E-state index contributed by atoms with van der Waals surface area (Å²) in [5.41, 5.74) is 0.770. The number of piperidine rings is 2. The second-order valence-electron chi connectivity index (χ2n) is 7.53. The van der Waals surface area contributed by atoms with E-state index in [1.165, 1.54) is 0 Å². The number of hydrogen-bond donors (Lipinski definition) is 2. The number of ether oxygens (including phenoxy) is 1. The summed E-state index contributed by atoms with van der Waals surface area (Å²) in [6.07, 6.45) is 2.52. The number of nitrogens with one attached hydrogen (secondary N) is 2. The maximum Gasteiger partial charge on any atom is 0.409 e. The molecule has 2 saturated heterocycles. The molecule has 0 radical (unpaired) electrons. The van der Waals surface area contributed by atoms with Crippen LogP contribution in [0.1, 0.15) is 32.6 Å². The molecule has 1 aromatic carbocycles. The highest BCUT2D eigenvalue weighted by Gasteiger charge is 2.30. The number of nitrogens with zero attached hydrogens (tertiary/aromatic N) is 2. The highest BCUT2D eigenvalue weighted by Crippen LogP contribution is 2.20. The highest BCUT2D eigenvalue weighted by atomic mass is 16.6. The molecule has 0 aliphatic carbocycles. The van der Waals surface area contributed by atoms with Crippen molar-refractivity contribution in [3.05, 3.63) is 30.3 Å². The Morgan fingerprint density at radius 2 is 1.59 bits per heavy atom. The molecule has 0 spiro atoms. The van der Waals surface area contributed by atoms with Crippen molar-refractivity contribution in [2.24, 2.45) is 5.92 Å². The van der Waals surface area contributed by atoms with Crippen LogP contribution in [0.3, 0.4) is 0 Å². The number of benzene rings is 1. The van der Waals surface area contributed by atoms with Crippen LogP contribution in [0, 0.1) is 5.92 Å². The molecule has 2 N–H and O–H groups in total. The van der Waals surface area contributed by atoms with E-state index in [2.05, 4.69) is 10.6 Å². The Morgan fingerprint density at radius 3 is 2.21 bits per heavy atom. The van der Waals surface area contributed by atoms with Gasteiger partial charge in [0.15, 0.2) is 0 Å². The van der Waals surface area contributed by atoms with Crippen LogP contribution in [0.25, 0.3) is 0 Å². The standard InChI is InChI=1S/C21H30N4O4/c1-2-29-21(28)25-14-10-18(11-15-25)22-19(26)16-8-12-24(13-9-16)20(27)23-17-6-4-3-5-7-17/h3-7,16,18H,2,8-15H2,1H3,(H,22,26)(H,23,27). The van der Waals surface area contributed by atoms with Gasteiger partial charge in [0.1, 0.15) is 0 Å². The molecule has 2 fully saturated rings. The molecule has 29 heavy (non-hydrogen) atoms. The van der Waals surface area contributed by atoms with Crippen LogP contribution in [0.4, 0.5) is 15.3 Å². The van der Waals surface area contributed by atoms with Crippen LogP contribution in [0.5, 0.6) is 0 Å². The Morgan fingerprint density at radius 1 is 0.966 bits per heavy atom. The predicted octanol–water partition coefficient (Wildman–Crippen LogP) is 2.67. The third-order valence-corrected chi connectivity index (χ3v) is 5.55. The van der Waals surface area contributed by atoms with Crippen molar-refractivity contribution >= 4 is 23.7 Å². The topological polar surface area (TPSA) is 91.0 Å². The Hall–Kier alpha value is -2.77. The lowest BCUT2D eigenvalue weighted by atomic mass is 9.95. The third kappa shape index (κ3) is 5.85. The molecule has 4 amide bonds. The van der Waals surface area contributed by atoms with Crippen molar-refractivity contribution in [3.8, 4) is 0 Å². The van der Waals surface area contributed by atoms with E-state index in [1.807, 2.05) is 30.3 Å². The van der Waals surface area contributed by atoms with Crippen LogP contribution in [-0.4, -0.2) is 66.7 Å². The first kappa shape index (κ1) is 21.0. The van der Waals surface area contributed by atoms with E-state index < -0.39 is 0 Å². The molecule has 8 nitrogen and oxygen atoms in total. The summed E-state index contributed by atoms with van der Waals surface area (Å²) < 4.78 is 5.02. The second-order valence-corrected chi connectivity index (χ2v) is 7.53. The van der Waals surface area contributed by atoms with E-state index >= 15 is 0 Å². The summed E-state index contributed by atoms with van der Waals surface area (Å²) in [6, 6.07) is 9.33. The third-order valence-electron chi connectivity index (χ3n) is 5.55. The molecule has 0 bridgehead atoms. The minimum absolute atomic E-state index is 0.0581. The number of carbonyl (C=O) groups excluding carboxylic acids is 3. The van der Waals surface area contributed by atoms with Crippen LogP contribution >= 0.6 is 0 Å². The number of para-hydroxylation sites is 1. The fourth-order valence-electron chi connectivity index (χ4n) is 3.81. The van der Waals surface area contributed by atoms with Gasteiger partial charge in [-0.1, -0.05) is 18.2 Å². The average Bonchev–Trinajstić information content (AvgIpc) is 2.75. The zero-order valence-electron chi connectivity index (χ0n) is 16.9. The van der Waals surface area contributed by atoms with Crippen molar-refractivity contribution in [1.29, 1.82) is 0 Å². The first-order valence-electron chi connectivity index (χ1n) is 10.4. The van der Waals surface area contributed by atoms with E-state index in [9.17, 15) is 14.4 Å². The van der Waals surface area contributed by atoms with Gasteiger partial charge in [0, 0.05) is 43.8 Å². The van der Waals surface area contributed by atoms with Gasteiger partial charge >= 0.3 is 12.1 Å². The van der Waals surface area contributed by atoms with Gasteiger partial charge < -0.3 is 25.2 Å². The van der Waals surface area contributed by atoms with Crippen molar-refractivity contribution < 1.29 is 19.1 Å².